The van der Waals surface area contributed by atoms with Crippen molar-refractivity contribution >= 4 is 44.9 Å². The first-order valence-electron chi connectivity index (χ1n) is 26.4. The molecule has 0 bridgehead atoms. The molecule has 0 saturated carbocycles. The number of esters is 1. The Labute approximate surface area is 462 Å². The third kappa shape index (κ3) is 13.5. The number of hydrogen-bond acceptors (Lipinski definition) is 2. The number of nitrogens with zero attached hydrogens (tertiary/aromatic N) is 1. The number of carbonyl (C=O) groups is 1. The van der Waals surface area contributed by atoms with E-state index in [-0.39, 0.29) is 5.97 Å². The molecule has 6 aromatic carbocycles. The van der Waals surface area contributed by atoms with Crippen LogP contribution in [0, 0.1) is 116 Å². The molecule has 24 heteroatoms. The van der Waals surface area contributed by atoms with Gasteiger partial charge in [0.2, 0.25) is 5.52 Å². The highest BCUT2D eigenvalue weighted by molar-refractivity contribution is 7.20. The van der Waals surface area contributed by atoms with Crippen LogP contribution in [0.25, 0.3) is 10.9 Å². The van der Waals surface area contributed by atoms with Gasteiger partial charge in [-0.3, -0.25) is 0 Å². The lowest BCUT2D eigenvalue weighted by Gasteiger charge is -2.44. The average Bonchev–Trinajstić information content (AvgIpc) is 0.917. The number of rotatable bonds is 24. The summed E-state index contributed by atoms with van der Waals surface area (Å²) >= 11 is 0. The Balaban J connectivity index is 0.000000271. The second kappa shape index (κ2) is 28.9. The summed E-state index contributed by atoms with van der Waals surface area (Å²) in [6.07, 6.45) is 14.2. The van der Waals surface area contributed by atoms with Gasteiger partial charge in [0.15, 0.2) is 76.4 Å². The summed E-state index contributed by atoms with van der Waals surface area (Å²) in [4.78, 5) is 13.0. The molecule has 0 aliphatic heterocycles. The van der Waals surface area contributed by atoms with E-state index in [0.29, 0.717) is 18.8 Å². The smallest absolute Gasteiger partial charge is 0.403 e. The minimum absolute atomic E-state index is 0.229. The van der Waals surface area contributed by atoms with Gasteiger partial charge in [-0.05, 0) is 18.6 Å². The van der Waals surface area contributed by atoms with Gasteiger partial charge in [-0.25, -0.2) is 92.6 Å². The lowest BCUT2D eigenvalue weighted by molar-refractivity contribution is -0.665. The van der Waals surface area contributed by atoms with E-state index >= 15 is 35.1 Å². The van der Waals surface area contributed by atoms with Crippen LogP contribution < -0.4 is 26.4 Å². The fourth-order valence-electron chi connectivity index (χ4n) is 10.1. The van der Waals surface area contributed by atoms with Gasteiger partial charge in [-0.1, -0.05) is 146 Å². The summed E-state index contributed by atoms with van der Waals surface area (Å²) in [6.45, 7) is 3.42. The Bertz CT molecular complexity index is 3070. The van der Waals surface area contributed by atoms with Gasteiger partial charge in [0.25, 0.3) is 5.69 Å². The molecule has 1 aromatic heterocycles. The molecular weight excluding hydrogens is 1150 g/mol. The molecule has 83 heavy (non-hydrogen) atoms. The maximum Gasteiger partial charge on any atom is 0.403 e. The van der Waals surface area contributed by atoms with E-state index < -0.39 is 144 Å². The van der Waals surface area contributed by atoms with E-state index in [1.165, 1.54) is 95.5 Å². The Hall–Kier alpha value is -7.14. The Morgan fingerprint density at radius 3 is 0.976 bits per heavy atom. The highest BCUT2D eigenvalue weighted by Crippen LogP contribution is 2.31. The van der Waals surface area contributed by atoms with Gasteiger partial charge in [0, 0.05) is 23.1 Å². The van der Waals surface area contributed by atoms with Crippen LogP contribution >= 0.6 is 0 Å². The van der Waals surface area contributed by atoms with Crippen molar-refractivity contribution in [3.05, 3.63) is 194 Å². The third-order valence-corrected chi connectivity index (χ3v) is 14.3. The van der Waals surface area contributed by atoms with Gasteiger partial charge >= 0.3 is 5.97 Å². The van der Waals surface area contributed by atoms with E-state index in [1.54, 1.807) is 0 Å². The second-order valence-corrected chi connectivity index (χ2v) is 19.6. The fourth-order valence-corrected chi connectivity index (χ4v) is 10.1. The van der Waals surface area contributed by atoms with Gasteiger partial charge in [-0.15, -0.1) is 21.9 Å². The average molecular weight is 1200 g/mol. The monoisotopic (exact) mass is 1200 g/mol. The Morgan fingerprint density at radius 2 is 0.639 bits per heavy atom. The molecule has 1 heterocycles. The van der Waals surface area contributed by atoms with Crippen LogP contribution in [0.3, 0.4) is 0 Å². The van der Waals surface area contributed by atoms with E-state index in [1.807, 2.05) is 42.5 Å². The van der Waals surface area contributed by atoms with Crippen LogP contribution in [0.1, 0.15) is 126 Å². The first-order chi connectivity index (χ1) is 39.5. The maximum atomic E-state index is 15.4. The number of ether oxygens (including phenoxy) is 1. The molecule has 0 saturated heterocycles. The number of benzene rings is 6. The van der Waals surface area contributed by atoms with Gasteiger partial charge in [0.05, 0.1) is 6.61 Å². The SMILES string of the molecule is CCCCCCCCCCCCCCCCCCOC(=O)c1ccc2ccccc2[n+]1Cc1ccccc1.Fc1c(F)c(F)c([B-](c2c(F)c(F)c(F)c(F)c2F)(c2c(F)c(F)c(F)c(F)c2F)c2c(F)c(F)c(F)c(F)c2F)c(F)c1F. The topological polar surface area (TPSA) is 30.2 Å². The van der Waals surface area contributed by atoms with E-state index in [0.717, 1.165) is 23.7 Å². The predicted molar refractivity (Wildman–Crippen MR) is 269 cm³/mol. The van der Waals surface area contributed by atoms with E-state index in [9.17, 15) is 57.5 Å². The number of aromatic nitrogens is 1. The highest BCUT2D eigenvalue weighted by atomic mass is 19.2. The number of pyridine rings is 1. The Morgan fingerprint density at radius 1 is 0.349 bits per heavy atom. The van der Waals surface area contributed by atoms with Crippen molar-refractivity contribution in [1.82, 2.24) is 0 Å². The Kier molecular flexibility index (Phi) is 22.6. The molecule has 7 rings (SSSR count). The van der Waals surface area contributed by atoms with Crippen molar-refractivity contribution in [2.75, 3.05) is 6.61 Å². The summed E-state index contributed by atoms with van der Waals surface area (Å²) < 4.78 is 302. The number of carbonyl (C=O) groups excluding carboxylic acids is 1. The third-order valence-electron chi connectivity index (χ3n) is 14.3. The fraction of sp³-hybridized carbons (Fsp3) is 0.322. The van der Waals surface area contributed by atoms with Crippen LogP contribution in [0.15, 0.2) is 66.7 Å². The lowest BCUT2D eigenvalue weighted by atomic mass is 9.12. The predicted octanol–water partition coefficient (Wildman–Crippen LogP) is 15.4. The molecule has 0 unspecified atom stereocenters. The molecule has 3 nitrogen and oxygen atoms in total. The van der Waals surface area contributed by atoms with Crippen LogP contribution in [0.2, 0.25) is 0 Å². The first kappa shape index (κ1) is 65.0. The first-order valence-corrected chi connectivity index (χ1v) is 26.4. The molecule has 0 spiro atoms. The van der Waals surface area contributed by atoms with Crippen molar-refractivity contribution in [1.29, 1.82) is 0 Å². The van der Waals surface area contributed by atoms with Crippen LogP contribution in [0.4, 0.5) is 87.8 Å². The maximum absolute atomic E-state index is 15.4. The van der Waals surface area contributed by atoms with Crippen molar-refractivity contribution in [3.63, 3.8) is 0 Å². The highest BCUT2D eigenvalue weighted by Gasteiger charge is 2.52. The van der Waals surface area contributed by atoms with Gasteiger partial charge in [0.1, 0.15) is 52.7 Å². The van der Waals surface area contributed by atoms with Crippen molar-refractivity contribution in [2.45, 2.75) is 116 Å². The van der Waals surface area contributed by atoms with Crippen molar-refractivity contribution in [2.24, 2.45) is 0 Å². The lowest BCUT2D eigenvalue weighted by Crippen LogP contribution is -2.81. The number of para-hydroxylation sites is 1. The summed E-state index contributed by atoms with van der Waals surface area (Å²) in [6, 6.07) is 22.4. The number of unbranched alkanes of at least 4 members (excludes halogenated alkanes) is 15. The molecule has 0 N–H and O–H groups in total. The molecule has 0 atom stereocenters. The minimum atomic E-state index is -7.22. The normalized spacial score (nSPS) is 11.6. The zero-order valence-corrected chi connectivity index (χ0v) is 44.0. The molecule has 446 valence electrons. The quantitative estimate of drug-likeness (QED) is 0.0115. The van der Waals surface area contributed by atoms with E-state index in [4.69, 9.17) is 4.74 Å². The second-order valence-electron chi connectivity index (χ2n) is 19.6. The zero-order valence-electron chi connectivity index (χ0n) is 44.0. The molecule has 0 aliphatic carbocycles. The summed E-state index contributed by atoms with van der Waals surface area (Å²) in [5, 5.41) is 1.12. The molecule has 0 aliphatic rings. The van der Waals surface area contributed by atoms with Crippen molar-refractivity contribution < 1.29 is 102 Å². The largest absolute Gasteiger partial charge is 0.458 e. The molecule has 7 aromatic rings. The zero-order chi connectivity index (χ0) is 61.0. The van der Waals surface area contributed by atoms with E-state index in [2.05, 4.69) is 35.8 Å². The van der Waals surface area contributed by atoms with Gasteiger partial charge < -0.3 is 4.74 Å². The summed E-state index contributed by atoms with van der Waals surface area (Å²) in [5.41, 5.74) is -11.5. The van der Waals surface area contributed by atoms with Crippen LogP contribution in [-0.4, -0.2) is 18.7 Å². The van der Waals surface area contributed by atoms with Crippen molar-refractivity contribution in [3.8, 4) is 0 Å². The standard InChI is InChI=1S/C35H50NO2.C24BF20/c1-2-3-4-5-6-7-8-9-10-11-12-13-14-15-16-22-29-38-35(37)34-28-27-32-25-20-21-26-33(32)36(34)30-31-23-18-17-19-24-31;26-5-1(6(27)14(35)21(42)13(5)34)25(2-7(28)15(36)22(43)16(37)8(2)29,3-9(30)17(38)23(44)18(39)10(3)31)4-11(32)19(40)24(45)20(41)12(4)33/h17-21,23-28H,2-16,22,29-30H2,1H3;/q+1;-1. The molecule has 0 amide bonds. The summed E-state index contributed by atoms with van der Waals surface area (Å²) in [7, 11) is 0. The molecule has 0 radical (unpaired) electrons. The number of hydrogen-bond donors (Lipinski definition) is 0. The van der Waals surface area contributed by atoms with Crippen LogP contribution in [-0.2, 0) is 11.3 Å². The summed E-state index contributed by atoms with van der Waals surface area (Å²) in [5.74, 6) is -71.6. The number of halogens is 20. The molecule has 0 fully saturated rings. The minimum Gasteiger partial charge on any atom is -0.458 e. The van der Waals surface area contributed by atoms with Gasteiger partial charge in [-0.2, -0.15) is 4.57 Å². The molecular formula is C59H50BF20NO2. The van der Waals surface area contributed by atoms with Crippen LogP contribution in [0.5, 0.6) is 0 Å². The number of fused-ring (bicyclic) bond motifs is 1.